The van der Waals surface area contributed by atoms with Crippen LogP contribution in [0.2, 0.25) is 0 Å². The molecular weight excluding hydrogens is 415 g/mol. The van der Waals surface area contributed by atoms with Gasteiger partial charge in [0.05, 0.1) is 12.0 Å². The van der Waals surface area contributed by atoms with Gasteiger partial charge in [-0.2, -0.15) is 13.2 Å². The fraction of sp³-hybridized carbons (Fsp3) is 0.400. The molecule has 0 saturated heterocycles. The molecule has 0 aliphatic heterocycles. The van der Waals surface area contributed by atoms with E-state index in [1.165, 1.54) is 0 Å². The quantitative estimate of drug-likeness (QED) is 0.462. The van der Waals surface area contributed by atoms with E-state index < -0.39 is 23.2 Å². The Kier molecular flexibility index (Phi) is 7.06. The molecule has 1 aliphatic rings. The highest BCUT2D eigenvalue weighted by Gasteiger charge is 2.43. The maximum atomic E-state index is 12.9. The predicted molar refractivity (Wildman–Crippen MR) is 104 cm³/mol. The first-order valence-electron chi connectivity index (χ1n) is 9.68. The van der Waals surface area contributed by atoms with Gasteiger partial charge in [-0.05, 0) is 24.5 Å². The molecule has 0 bridgehead atoms. The van der Waals surface area contributed by atoms with Crippen LogP contribution in [0.15, 0.2) is 42.6 Å². The Balaban J connectivity index is 1.63. The van der Waals surface area contributed by atoms with Crippen LogP contribution in [0.4, 0.5) is 19.1 Å². The molecule has 11 heteroatoms. The second kappa shape index (κ2) is 9.73. The normalized spacial score (nSPS) is 15.3. The Morgan fingerprint density at radius 1 is 1.19 bits per heavy atom. The molecule has 0 atom stereocenters. The van der Waals surface area contributed by atoms with Crippen molar-refractivity contribution in [3.05, 3.63) is 53.9 Å². The van der Waals surface area contributed by atoms with Gasteiger partial charge in [0, 0.05) is 6.20 Å². The molecule has 8 nitrogen and oxygen atoms in total. The number of rotatable bonds is 9. The highest BCUT2D eigenvalue weighted by atomic mass is 19.4. The summed E-state index contributed by atoms with van der Waals surface area (Å²) < 4.78 is 38.4. The second-order valence-corrected chi connectivity index (χ2v) is 7.27. The molecule has 166 valence electrons. The summed E-state index contributed by atoms with van der Waals surface area (Å²) in [5, 5.41) is 1.08. The first kappa shape index (κ1) is 22.5. The molecule has 3 rings (SSSR count). The molecule has 2 aromatic rings. The van der Waals surface area contributed by atoms with Crippen LogP contribution in [0, 0.1) is 5.41 Å². The monoisotopic (exact) mass is 437 g/mol. The lowest BCUT2D eigenvalue weighted by Crippen LogP contribution is -2.48. The lowest BCUT2D eigenvalue weighted by atomic mass is 9.85. The Hall–Kier alpha value is -3.21. The molecule has 1 aliphatic carbocycles. The summed E-state index contributed by atoms with van der Waals surface area (Å²) in [4.78, 5) is 37.0. The third-order valence-electron chi connectivity index (χ3n) is 5.09. The second-order valence-electron chi connectivity index (χ2n) is 7.27. The van der Waals surface area contributed by atoms with Gasteiger partial charge in [0.2, 0.25) is 18.3 Å². The van der Waals surface area contributed by atoms with Crippen LogP contribution in [0.5, 0.6) is 0 Å². The lowest BCUT2D eigenvalue weighted by molar-refractivity contribution is -0.188. The smallest absolute Gasteiger partial charge is 0.276 e. The van der Waals surface area contributed by atoms with E-state index in [4.69, 9.17) is 4.84 Å². The number of alkyl halides is 3. The van der Waals surface area contributed by atoms with Crippen LogP contribution in [-0.2, 0) is 27.2 Å². The molecule has 1 aromatic carbocycles. The summed E-state index contributed by atoms with van der Waals surface area (Å²) in [7, 11) is 0. The molecule has 2 amide bonds. The molecular formula is C20H22F3N5O3. The third kappa shape index (κ3) is 5.91. The van der Waals surface area contributed by atoms with Gasteiger partial charge >= 0.3 is 6.18 Å². The number of hydrogen-bond donors (Lipinski definition) is 2. The van der Waals surface area contributed by atoms with Crippen molar-refractivity contribution in [2.75, 3.05) is 12.0 Å². The Labute approximate surface area is 176 Å². The summed E-state index contributed by atoms with van der Waals surface area (Å²) in [6.45, 7) is 0.175. The topological polar surface area (TPSA) is 96.5 Å². The zero-order valence-electron chi connectivity index (χ0n) is 16.6. The number of carbonyl (C=O) groups excluding carboxylic acids is 2. The molecule has 2 N–H and O–H groups in total. The van der Waals surface area contributed by atoms with E-state index >= 15 is 0 Å². The SMILES string of the molecule is O=CN(CC1(C(=O)NNc2nccc(C(F)(F)F)n2)CCCC1)OCc1ccccc1. The average molecular weight is 437 g/mol. The molecule has 31 heavy (non-hydrogen) atoms. The van der Waals surface area contributed by atoms with E-state index in [-0.39, 0.29) is 19.1 Å². The molecule has 0 spiro atoms. The Bertz CT molecular complexity index is 889. The van der Waals surface area contributed by atoms with Crippen molar-refractivity contribution in [3.63, 3.8) is 0 Å². The molecule has 1 fully saturated rings. The van der Waals surface area contributed by atoms with Crippen molar-refractivity contribution in [2.24, 2.45) is 5.41 Å². The van der Waals surface area contributed by atoms with Gasteiger partial charge in [0.25, 0.3) is 0 Å². The van der Waals surface area contributed by atoms with Gasteiger partial charge in [0.15, 0.2) is 0 Å². The van der Waals surface area contributed by atoms with Crippen LogP contribution >= 0.6 is 0 Å². The van der Waals surface area contributed by atoms with Crippen molar-refractivity contribution in [3.8, 4) is 0 Å². The number of aromatic nitrogens is 2. The molecule has 1 heterocycles. The van der Waals surface area contributed by atoms with Crippen molar-refractivity contribution >= 4 is 18.3 Å². The van der Waals surface area contributed by atoms with Crippen molar-refractivity contribution < 1.29 is 27.6 Å². The average Bonchev–Trinajstić information content (AvgIpc) is 3.25. The summed E-state index contributed by atoms with van der Waals surface area (Å²) in [6, 6.07) is 9.98. The largest absolute Gasteiger partial charge is 0.433 e. The number of halogens is 3. The minimum atomic E-state index is -4.63. The first-order chi connectivity index (χ1) is 14.8. The number of nitrogens with zero attached hydrogens (tertiary/aromatic N) is 3. The van der Waals surface area contributed by atoms with E-state index in [1.54, 1.807) is 0 Å². The van der Waals surface area contributed by atoms with E-state index in [0.29, 0.717) is 19.3 Å². The number of anilines is 1. The Morgan fingerprint density at radius 2 is 1.90 bits per heavy atom. The van der Waals surface area contributed by atoms with E-state index in [1.807, 2.05) is 30.3 Å². The summed E-state index contributed by atoms with van der Waals surface area (Å²) >= 11 is 0. The summed E-state index contributed by atoms with van der Waals surface area (Å²) in [5.74, 6) is -0.856. The van der Waals surface area contributed by atoms with Gasteiger partial charge in [-0.25, -0.2) is 15.0 Å². The fourth-order valence-corrected chi connectivity index (χ4v) is 3.47. The molecule has 0 unspecified atom stereocenters. The van der Waals surface area contributed by atoms with E-state index in [9.17, 15) is 22.8 Å². The Morgan fingerprint density at radius 3 is 2.55 bits per heavy atom. The van der Waals surface area contributed by atoms with Crippen molar-refractivity contribution in [1.29, 1.82) is 0 Å². The van der Waals surface area contributed by atoms with Crippen LogP contribution in [0.25, 0.3) is 0 Å². The number of hydrogen-bond acceptors (Lipinski definition) is 6. The number of carbonyl (C=O) groups is 2. The summed E-state index contributed by atoms with van der Waals surface area (Å²) in [5.41, 5.74) is 3.52. The standard InChI is InChI=1S/C20H22F3N5O3/c21-20(22,23)16-8-11-24-18(25-16)27-26-17(30)19(9-4-5-10-19)13-28(14-29)31-12-15-6-2-1-3-7-15/h1-3,6-8,11,14H,4-5,9-10,12-13H2,(H,26,30)(H,24,25,27). The van der Waals surface area contributed by atoms with Crippen LogP contribution < -0.4 is 10.9 Å². The predicted octanol–water partition coefficient (Wildman–Crippen LogP) is 3.09. The number of hydrazine groups is 1. The molecule has 1 saturated carbocycles. The maximum absolute atomic E-state index is 12.9. The zero-order valence-corrected chi connectivity index (χ0v) is 16.6. The zero-order chi connectivity index (χ0) is 22.3. The maximum Gasteiger partial charge on any atom is 0.433 e. The minimum Gasteiger partial charge on any atom is -0.276 e. The fourth-order valence-electron chi connectivity index (χ4n) is 3.47. The van der Waals surface area contributed by atoms with Crippen molar-refractivity contribution in [1.82, 2.24) is 20.5 Å². The van der Waals surface area contributed by atoms with Gasteiger partial charge in [0.1, 0.15) is 12.3 Å². The highest BCUT2D eigenvalue weighted by Crippen LogP contribution is 2.39. The number of benzene rings is 1. The number of nitrogens with one attached hydrogen (secondary N) is 2. The van der Waals surface area contributed by atoms with Gasteiger partial charge in [-0.15, -0.1) is 0 Å². The summed E-state index contributed by atoms with van der Waals surface area (Å²) in [6.07, 6.45) is -0.610. The van der Waals surface area contributed by atoms with E-state index in [0.717, 1.165) is 35.7 Å². The third-order valence-corrected chi connectivity index (χ3v) is 5.09. The lowest BCUT2D eigenvalue weighted by Gasteiger charge is -2.31. The van der Waals surface area contributed by atoms with Crippen LogP contribution in [0.3, 0.4) is 0 Å². The van der Waals surface area contributed by atoms with Crippen LogP contribution in [0.1, 0.15) is 36.9 Å². The number of hydroxylamine groups is 2. The van der Waals surface area contributed by atoms with Gasteiger partial charge < -0.3 is 0 Å². The van der Waals surface area contributed by atoms with Crippen molar-refractivity contribution in [2.45, 2.75) is 38.5 Å². The van der Waals surface area contributed by atoms with Gasteiger partial charge in [-0.3, -0.25) is 25.3 Å². The van der Waals surface area contributed by atoms with Gasteiger partial charge in [-0.1, -0.05) is 43.2 Å². The van der Waals surface area contributed by atoms with E-state index in [2.05, 4.69) is 20.8 Å². The highest BCUT2D eigenvalue weighted by molar-refractivity contribution is 5.84. The molecule has 1 aromatic heterocycles. The first-order valence-corrected chi connectivity index (χ1v) is 9.68. The number of amides is 2. The van der Waals surface area contributed by atoms with Crippen LogP contribution in [-0.4, -0.2) is 33.9 Å². The molecule has 0 radical (unpaired) electrons. The minimum absolute atomic E-state index is 0.0142.